The largest absolute Gasteiger partial charge is 0.636 e. The van der Waals surface area contributed by atoms with Crippen LogP contribution in [0.4, 0.5) is 4.79 Å². The Morgan fingerprint density at radius 1 is 1.73 bits per heavy atom. The second kappa shape index (κ2) is 5.84. The van der Waals surface area contributed by atoms with Crippen LogP contribution in [0.25, 0.3) is 0 Å². The molecule has 0 bridgehead atoms. The topological polar surface area (TPSA) is 52.6 Å². The minimum atomic E-state index is -2.36. The summed E-state index contributed by atoms with van der Waals surface area (Å²) in [5.74, 6) is 2.07. The van der Waals surface area contributed by atoms with Gasteiger partial charge in [-0.25, -0.2) is 0 Å². The maximum atomic E-state index is 10.6. The quantitative estimate of drug-likeness (QED) is 0.480. The van der Waals surface area contributed by atoms with Crippen LogP contribution in [0.2, 0.25) is 0 Å². The maximum Gasteiger partial charge on any atom is 0.636 e. The van der Waals surface area contributed by atoms with Gasteiger partial charge in [0.25, 0.3) is 0 Å². The van der Waals surface area contributed by atoms with Crippen molar-refractivity contribution >= 4 is 13.7 Å². The standard InChI is InChI=1S/C6H8O4P/c1-3-5-9-6(7)11(8)10-4-2/h1H,4-5H2,2H3/q+1. The SMILES string of the molecule is C#CCOC(=O)[P+](=O)OCC. The second-order valence-electron chi connectivity index (χ2n) is 1.43. The summed E-state index contributed by atoms with van der Waals surface area (Å²) in [4.78, 5) is 10.6. The molecule has 4 nitrogen and oxygen atoms in total. The van der Waals surface area contributed by atoms with Crippen LogP contribution in [0.3, 0.4) is 0 Å². The molecule has 0 aromatic carbocycles. The van der Waals surface area contributed by atoms with Gasteiger partial charge in [0, 0.05) is 0 Å². The lowest BCUT2D eigenvalue weighted by Crippen LogP contribution is -1.98. The first kappa shape index (κ1) is 10.1. The van der Waals surface area contributed by atoms with Crippen LogP contribution in [0, 0.1) is 12.3 Å². The summed E-state index contributed by atoms with van der Waals surface area (Å²) in [6, 6.07) is 0. The number of carbonyl (C=O) groups excluding carboxylic acids is 1. The molecule has 0 heterocycles. The second-order valence-corrected chi connectivity index (χ2v) is 2.57. The molecule has 0 aliphatic carbocycles. The van der Waals surface area contributed by atoms with Gasteiger partial charge in [-0.1, -0.05) is 5.92 Å². The van der Waals surface area contributed by atoms with Crippen LogP contribution >= 0.6 is 8.03 Å². The zero-order chi connectivity index (χ0) is 8.69. The Kier molecular flexibility index (Phi) is 5.36. The number of rotatable bonds is 4. The molecule has 1 atom stereocenters. The van der Waals surface area contributed by atoms with E-state index in [4.69, 9.17) is 6.42 Å². The Bertz CT molecular complexity index is 193. The van der Waals surface area contributed by atoms with E-state index in [0.29, 0.717) is 0 Å². The van der Waals surface area contributed by atoms with Crippen molar-refractivity contribution in [1.29, 1.82) is 0 Å². The van der Waals surface area contributed by atoms with Crippen LogP contribution in [0.5, 0.6) is 0 Å². The summed E-state index contributed by atoms with van der Waals surface area (Å²) in [5.41, 5.74) is -0.903. The highest BCUT2D eigenvalue weighted by molar-refractivity contribution is 7.58. The van der Waals surface area contributed by atoms with Gasteiger partial charge in [-0.3, -0.25) is 0 Å². The van der Waals surface area contributed by atoms with Crippen LogP contribution in [0.15, 0.2) is 0 Å². The third-order valence-electron chi connectivity index (χ3n) is 0.674. The smallest absolute Gasteiger partial charge is 0.412 e. The summed E-state index contributed by atoms with van der Waals surface area (Å²) in [6.45, 7) is 1.66. The highest BCUT2D eigenvalue weighted by atomic mass is 31.1. The lowest BCUT2D eigenvalue weighted by molar-refractivity contribution is 0.181. The predicted molar refractivity (Wildman–Crippen MR) is 39.4 cm³/mol. The van der Waals surface area contributed by atoms with Crippen LogP contribution in [-0.2, 0) is 13.8 Å². The molecule has 5 heteroatoms. The van der Waals surface area contributed by atoms with Crippen molar-refractivity contribution < 1.29 is 18.6 Å². The van der Waals surface area contributed by atoms with Crippen molar-refractivity contribution in [3.05, 3.63) is 0 Å². The molecule has 0 aliphatic heterocycles. The predicted octanol–water partition coefficient (Wildman–Crippen LogP) is 1.54. The van der Waals surface area contributed by atoms with Crippen molar-refractivity contribution in [2.24, 2.45) is 0 Å². The van der Waals surface area contributed by atoms with E-state index in [9.17, 15) is 9.36 Å². The number of ether oxygens (including phenoxy) is 1. The first-order valence-corrected chi connectivity index (χ1v) is 4.10. The van der Waals surface area contributed by atoms with E-state index in [1.807, 2.05) is 0 Å². The van der Waals surface area contributed by atoms with Crippen molar-refractivity contribution in [3.8, 4) is 12.3 Å². The maximum absolute atomic E-state index is 10.6. The molecule has 0 spiro atoms. The lowest BCUT2D eigenvalue weighted by Gasteiger charge is -1.86. The van der Waals surface area contributed by atoms with Gasteiger partial charge in [-0.2, -0.15) is 4.79 Å². The highest BCUT2D eigenvalue weighted by Gasteiger charge is 2.32. The molecule has 0 saturated heterocycles. The van der Waals surface area contributed by atoms with Crippen LogP contribution < -0.4 is 0 Å². The zero-order valence-electron chi connectivity index (χ0n) is 6.07. The summed E-state index contributed by atoms with van der Waals surface area (Å²) in [7, 11) is -2.36. The van der Waals surface area contributed by atoms with Crippen molar-refractivity contribution in [1.82, 2.24) is 0 Å². The number of terminal acetylenes is 1. The fourth-order valence-corrected chi connectivity index (χ4v) is 0.836. The molecule has 0 fully saturated rings. The van der Waals surface area contributed by atoms with E-state index in [1.54, 1.807) is 6.92 Å². The summed E-state index contributed by atoms with van der Waals surface area (Å²) >= 11 is 0. The molecule has 60 valence electrons. The van der Waals surface area contributed by atoms with Gasteiger partial charge >= 0.3 is 13.7 Å². The van der Waals surface area contributed by atoms with Crippen molar-refractivity contribution in [2.45, 2.75) is 6.92 Å². The minimum absolute atomic E-state index is 0.174. The first-order valence-electron chi connectivity index (χ1n) is 2.92. The summed E-state index contributed by atoms with van der Waals surface area (Å²) in [5, 5.41) is 0. The molecule has 0 amide bonds. The normalized spacial score (nSPS) is 10.0. The highest BCUT2D eigenvalue weighted by Crippen LogP contribution is 2.24. The molecule has 0 radical (unpaired) electrons. The van der Waals surface area contributed by atoms with Crippen LogP contribution in [0.1, 0.15) is 6.92 Å². The van der Waals surface area contributed by atoms with E-state index in [1.165, 1.54) is 0 Å². The van der Waals surface area contributed by atoms with Crippen LogP contribution in [-0.4, -0.2) is 18.9 Å². The van der Waals surface area contributed by atoms with Gasteiger partial charge in [0.2, 0.25) is 0 Å². The lowest BCUT2D eigenvalue weighted by atomic mass is 10.8. The van der Waals surface area contributed by atoms with Gasteiger partial charge in [0.1, 0.15) is 6.61 Å². The van der Waals surface area contributed by atoms with Gasteiger partial charge in [0.05, 0.1) is 0 Å². The third kappa shape index (κ3) is 4.49. The molecular weight excluding hydrogens is 167 g/mol. The molecule has 0 aliphatic rings. The van der Waals surface area contributed by atoms with Gasteiger partial charge in [0.15, 0.2) is 6.61 Å². The van der Waals surface area contributed by atoms with Crippen molar-refractivity contribution in [2.75, 3.05) is 13.2 Å². The molecule has 0 rings (SSSR count). The number of carbonyl (C=O) groups is 1. The molecule has 1 unspecified atom stereocenters. The number of hydrogen-bond acceptors (Lipinski definition) is 4. The third-order valence-corrected chi connectivity index (χ3v) is 1.59. The Labute approximate surface area is 65.7 Å². The molecule has 0 saturated carbocycles. The molecule has 11 heavy (non-hydrogen) atoms. The molecule has 0 N–H and O–H groups in total. The van der Waals surface area contributed by atoms with E-state index < -0.39 is 13.7 Å². The Balaban J connectivity index is 3.67. The zero-order valence-corrected chi connectivity index (χ0v) is 6.97. The fraction of sp³-hybridized carbons (Fsp3) is 0.500. The Hall–Kier alpha value is -0.910. The Morgan fingerprint density at radius 2 is 2.36 bits per heavy atom. The van der Waals surface area contributed by atoms with Gasteiger partial charge in [-0.15, -0.1) is 10.9 Å². The minimum Gasteiger partial charge on any atom is -0.412 e. The van der Waals surface area contributed by atoms with Gasteiger partial charge < -0.3 is 4.74 Å². The molecule has 0 aromatic heterocycles. The fourth-order valence-electron chi connectivity index (χ4n) is 0.326. The molecule has 0 aromatic rings. The summed E-state index contributed by atoms with van der Waals surface area (Å²) < 4.78 is 19.4. The Morgan fingerprint density at radius 3 is 2.82 bits per heavy atom. The van der Waals surface area contributed by atoms with Crippen molar-refractivity contribution in [3.63, 3.8) is 0 Å². The van der Waals surface area contributed by atoms with E-state index in [-0.39, 0.29) is 13.2 Å². The average Bonchev–Trinajstić information content (AvgIpc) is 2.00. The summed E-state index contributed by atoms with van der Waals surface area (Å²) in [6.07, 6.45) is 4.79. The number of hydrogen-bond donors (Lipinski definition) is 0. The van der Waals surface area contributed by atoms with E-state index in [0.717, 1.165) is 0 Å². The molecular formula is C6H8O4P+. The average molecular weight is 175 g/mol. The van der Waals surface area contributed by atoms with Gasteiger partial charge in [-0.05, 0) is 11.5 Å². The van der Waals surface area contributed by atoms with E-state index >= 15 is 0 Å². The van der Waals surface area contributed by atoms with E-state index in [2.05, 4.69) is 15.2 Å². The first-order chi connectivity index (χ1) is 5.22. The monoisotopic (exact) mass is 175 g/mol.